The number of amides is 1. The van der Waals surface area contributed by atoms with Gasteiger partial charge in [-0.05, 0) is 43.4 Å². The van der Waals surface area contributed by atoms with E-state index >= 15 is 0 Å². The summed E-state index contributed by atoms with van der Waals surface area (Å²) in [7, 11) is 0. The number of rotatable bonds is 10. The van der Waals surface area contributed by atoms with E-state index in [-0.39, 0.29) is 23.0 Å². The molecule has 0 atom stereocenters. The van der Waals surface area contributed by atoms with E-state index in [9.17, 15) is 14.4 Å². The minimum Gasteiger partial charge on any atom is -0.352 e. The molecule has 3 rings (SSSR count). The SMILES string of the molecule is Cc1ccc(C(=O)CSc2nc3cc(C(=O)NCC(C)C)ccc3c(=O)n2CCC(C)C)cc1. The molecule has 0 saturated heterocycles. The van der Waals surface area contributed by atoms with Gasteiger partial charge in [0.2, 0.25) is 0 Å². The van der Waals surface area contributed by atoms with Crippen LogP contribution in [0.3, 0.4) is 0 Å². The Bertz CT molecular complexity index is 1230. The Morgan fingerprint density at radius 3 is 2.32 bits per heavy atom. The van der Waals surface area contributed by atoms with Crippen LogP contribution < -0.4 is 10.9 Å². The first-order chi connectivity index (χ1) is 16.2. The van der Waals surface area contributed by atoms with Gasteiger partial charge in [-0.25, -0.2) is 4.98 Å². The van der Waals surface area contributed by atoms with Gasteiger partial charge in [0, 0.05) is 24.2 Å². The summed E-state index contributed by atoms with van der Waals surface area (Å²) in [5.41, 5.74) is 2.51. The van der Waals surface area contributed by atoms with Crippen molar-refractivity contribution in [2.24, 2.45) is 11.8 Å². The smallest absolute Gasteiger partial charge is 0.262 e. The summed E-state index contributed by atoms with van der Waals surface area (Å²) < 4.78 is 1.66. The van der Waals surface area contributed by atoms with Crippen molar-refractivity contribution in [1.29, 1.82) is 0 Å². The summed E-state index contributed by atoms with van der Waals surface area (Å²) in [6.45, 7) is 11.4. The van der Waals surface area contributed by atoms with Gasteiger partial charge >= 0.3 is 0 Å². The monoisotopic (exact) mass is 479 g/mol. The molecule has 2 aromatic carbocycles. The molecule has 0 unspecified atom stereocenters. The molecule has 0 fully saturated rings. The lowest BCUT2D eigenvalue weighted by Crippen LogP contribution is -2.28. The zero-order valence-electron chi connectivity index (χ0n) is 20.6. The Morgan fingerprint density at radius 1 is 1.00 bits per heavy atom. The molecule has 34 heavy (non-hydrogen) atoms. The fraction of sp³-hybridized carbons (Fsp3) is 0.407. The fourth-order valence-corrected chi connectivity index (χ4v) is 4.31. The third-order valence-electron chi connectivity index (χ3n) is 5.49. The number of aromatic nitrogens is 2. The number of ketones is 1. The summed E-state index contributed by atoms with van der Waals surface area (Å²) in [5.74, 6) is 0.727. The Morgan fingerprint density at radius 2 is 1.68 bits per heavy atom. The number of aryl methyl sites for hydroxylation is 1. The number of hydrogen-bond acceptors (Lipinski definition) is 5. The highest BCUT2D eigenvalue weighted by Crippen LogP contribution is 2.21. The van der Waals surface area contributed by atoms with Gasteiger partial charge < -0.3 is 5.32 Å². The topological polar surface area (TPSA) is 81.1 Å². The summed E-state index contributed by atoms with van der Waals surface area (Å²) >= 11 is 1.27. The van der Waals surface area contributed by atoms with E-state index < -0.39 is 0 Å². The van der Waals surface area contributed by atoms with Crippen molar-refractivity contribution in [3.8, 4) is 0 Å². The van der Waals surface area contributed by atoms with Gasteiger partial charge in [-0.2, -0.15) is 0 Å². The first kappa shape index (κ1) is 25.7. The number of carbonyl (C=O) groups excluding carboxylic acids is 2. The second kappa shape index (κ2) is 11.5. The number of Topliss-reactive ketones (excluding diaryl/α,β-unsaturated/α-hetero) is 1. The normalized spacial score (nSPS) is 11.4. The van der Waals surface area contributed by atoms with Crippen LogP contribution in [0.4, 0.5) is 0 Å². The molecular formula is C27H33N3O3S. The highest BCUT2D eigenvalue weighted by Gasteiger charge is 2.16. The molecule has 1 amide bonds. The Labute approximate surface area is 205 Å². The van der Waals surface area contributed by atoms with Crippen molar-refractivity contribution in [1.82, 2.24) is 14.9 Å². The first-order valence-electron chi connectivity index (χ1n) is 11.7. The van der Waals surface area contributed by atoms with Crippen molar-refractivity contribution < 1.29 is 9.59 Å². The molecule has 0 spiro atoms. The van der Waals surface area contributed by atoms with E-state index in [1.165, 1.54) is 11.8 Å². The molecular weight excluding hydrogens is 446 g/mol. The molecule has 0 aliphatic heterocycles. The van der Waals surface area contributed by atoms with E-state index in [0.29, 0.717) is 52.1 Å². The third kappa shape index (κ3) is 6.56. The first-order valence-corrected chi connectivity index (χ1v) is 12.7. The highest BCUT2D eigenvalue weighted by molar-refractivity contribution is 7.99. The van der Waals surface area contributed by atoms with Gasteiger partial charge in [0.1, 0.15) is 0 Å². The minimum absolute atomic E-state index is 0.0171. The molecule has 1 heterocycles. The molecule has 180 valence electrons. The number of thioether (sulfide) groups is 1. The van der Waals surface area contributed by atoms with E-state index in [1.807, 2.05) is 45.0 Å². The van der Waals surface area contributed by atoms with Gasteiger partial charge in [0.05, 0.1) is 16.7 Å². The zero-order chi connectivity index (χ0) is 24.8. The number of hydrogen-bond donors (Lipinski definition) is 1. The van der Waals surface area contributed by atoms with Crippen molar-refractivity contribution >= 4 is 34.4 Å². The number of nitrogens with one attached hydrogen (secondary N) is 1. The molecule has 3 aromatic rings. The van der Waals surface area contributed by atoms with Gasteiger partial charge in [-0.3, -0.25) is 19.0 Å². The number of carbonyl (C=O) groups is 2. The number of benzene rings is 2. The lowest BCUT2D eigenvalue weighted by atomic mass is 10.1. The van der Waals surface area contributed by atoms with Crippen LogP contribution in [0.2, 0.25) is 0 Å². The van der Waals surface area contributed by atoms with Gasteiger partial charge in [0.25, 0.3) is 11.5 Å². The van der Waals surface area contributed by atoms with E-state index in [1.54, 1.807) is 22.8 Å². The molecule has 0 radical (unpaired) electrons. The van der Waals surface area contributed by atoms with Crippen molar-refractivity contribution in [2.45, 2.75) is 52.7 Å². The highest BCUT2D eigenvalue weighted by atomic mass is 32.2. The van der Waals surface area contributed by atoms with Crippen LogP contribution in [-0.4, -0.2) is 33.5 Å². The molecule has 1 N–H and O–H groups in total. The van der Waals surface area contributed by atoms with Gasteiger partial charge in [-0.15, -0.1) is 0 Å². The molecule has 1 aromatic heterocycles. The predicted octanol–water partition coefficient (Wildman–Crippen LogP) is 5.11. The van der Waals surface area contributed by atoms with E-state index in [4.69, 9.17) is 4.98 Å². The second-order valence-corrected chi connectivity index (χ2v) is 10.4. The second-order valence-electron chi connectivity index (χ2n) is 9.45. The average Bonchev–Trinajstić information content (AvgIpc) is 2.80. The predicted molar refractivity (Wildman–Crippen MR) is 139 cm³/mol. The lowest BCUT2D eigenvalue weighted by molar-refractivity contribution is 0.0948. The van der Waals surface area contributed by atoms with Crippen molar-refractivity contribution in [3.05, 3.63) is 69.5 Å². The summed E-state index contributed by atoms with van der Waals surface area (Å²) in [6.07, 6.45) is 0.822. The largest absolute Gasteiger partial charge is 0.352 e. The van der Waals surface area contributed by atoms with Gasteiger partial charge in [0.15, 0.2) is 10.9 Å². The van der Waals surface area contributed by atoms with Crippen LogP contribution in [0, 0.1) is 18.8 Å². The van der Waals surface area contributed by atoms with Crippen LogP contribution in [0.25, 0.3) is 10.9 Å². The maximum atomic E-state index is 13.3. The van der Waals surface area contributed by atoms with Crippen molar-refractivity contribution in [2.75, 3.05) is 12.3 Å². The van der Waals surface area contributed by atoms with Gasteiger partial charge in [-0.1, -0.05) is 69.3 Å². The van der Waals surface area contributed by atoms with Crippen LogP contribution in [0.5, 0.6) is 0 Å². The number of nitrogens with zero attached hydrogens (tertiary/aromatic N) is 2. The Kier molecular flexibility index (Phi) is 8.67. The summed E-state index contributed by atoms with van der Waals surface area (Å²) in [4.78, 5) is 43.3. The average molecular weight is 480 g/mol. The Balaban J connectivity index is 1.94. The third-order valence-corrected chi connectivity index (χ3v) is 6.47. The van der Waals surface area contributed by atoms with Crippen LogP contribution >= 0.6 is 11.8 Å². The fourth-order valence-electron chi connectivity index (χ4n) is 3.39. The summed E-state index contributed by atoms with van der Waals surface area (Å²) in [6, 6.07) is 12.5. The quantitative estimate of drug-likeness (QED) is 0.248. The van der Waals surface area contributed by atoms with Crippen LogP contribution in [0.15, 0.2) is 52.4 Å². The molecule has 0 bridgehead atoms. The van der Waals surface area contributed by atoms with Crippen LogP contribution in [-0.2, 0) is 6.54 Å². The zero-order valence-corrected chi connectivity index (χ0v) is 21.4. The number of fused-ring (bicyclic) bond motifs is 1. The maximum absolute atomic E-state index is 13.3. The van der Waals surface area contributed by atoms with Crippen molar-refractivity contribution in [3.63, 3.8) is 0 Å². The standard InChI is InChI=1S/C27H33N3O3S/c1-17(2)12-13-30-26(33)22-11-10-21(25(32)28-15-18(3)4)14-23(22)29-27(30)34-16-24(31)20-8-6-19(5)7-9-20/h6-11,14,17-18H,12-13,15-16H2,1-5H3,(H,28,32). The van der Waals surface area contributed by atoms with Crippen LogP contribution in [0.1, 0.15) is 60.4 Å². The van der Waals surface area contributed by atoms with E-state index in [2.05, 4.69) is 19.2 Å². The van der Waals surface area contributed by atoms with E-state index in [0.717, 1.165) is 12.0 Å². The lowest BCUT2D eigenvalue weighted by Gasteiger charge is -2.15. The molecule has 0 aliphatic rings. The maximum Gasteiger partial charge on any atom is 0.262 e. The summed E-state index contributed by atoms with van der Waals surface area (Å²) in [5, 5.41) is 3.87. The molecule has 0 aliphatic carbocycles. The molecule has 7 heteroatoms. The molecule has 0 saturated carbocycles. The molecule has 6 nitrogen and oxygen atoms in total. The Hall–Kier alpha value is -2.93. The minimum atomic E-state index is -0.190.